The van der Waals surface area contributed by atoms with Gasteiger partial charge in [-0.05, 0) is 23.3 Å². The molecule has 0 aromatic heterocycles. The predicted molar refractivity (Wildman–Crippen MR) is 118 cm³/mol. The van der Waals surface area contributed by atoms with Crippen LogP contribution in [0.5, 0.6) is 0 Å². The van der Waals surface area contributed by atoms with Crippen molar-refractivity contribution >= 4 is 32.9 Å². The highest BCUT2D eigenvalue weighted by Crippen LogP contribution is 2.29. The summed E-state index contributed by atoms with van der Waals surface area (Å²) in [7, 11) is -3.44. The van der Waals surface area contributed by atoms with Gasteiger partial charge in [0.25, 0.3) is 5.09 Å². The molecular weight excluding hydrogens is 454 g/mol. The van der Waals surface area contributed by atoms with Crippen LogP contribution < -0.4 is 0 Å². The van der Waals surface area contributed by atoms with E-state index in [0.29, 0.717) is 16.7 Å². The zero-order chi connectivity index (χ0) is 24.4. The predicted octanol–water partition coefficient (Wildman–Crippen LogP) is 2.71. The van der Waals surface area contributed by atoms with Crippen LogP contribution in [-0.4, -0.2) is 51.5 Å². The van der Waals surface area contributed by atoms with Gasteiger partial charge < -0.3 is 14.3 Å². The van der Waals surface area contributed by atoms with Gasteiger partial charge >= 0.3 is 11.9 Å². The zero-order valence-electron chi connectivity index (χ0n) is 18.1. The van der Waals surface area contributed by atoms with Gasteiger partial charge in [0.15, 0.2) is 9.84 Å². The molecule has 0 bridgehead atoms. The molecule has 0 saturated carbocycles. The van der Waals surface area contributed by atoms with E-state index >= 15 is 0 Å². The molecule has 0 fully saturated rings. The number of benzene rings is 2. The Kier molecular flexibility index (Phi) is 9.10. The first-order chi connectivity index (χ1) is 15.6. The Hall–Kier alpha value is -3.73. The fraction of sp³-hybridized carbons (Fsp3) is 0.273. The molecule has 2 aromatic rings. The molecule has 176 valence electrons. The second-order valence-electron chi connectivity index (χ2n) is 6.84. The summed E-state index contributed by atoms with van der Waals surface area (Å²) in [5.41, 5.74) is 1.36. The van der Waals surface area contributed by atoms with E-state index in [0.717, 1.165) is 6.26 Å². The van der Waals surface area contributed by atoms with Crippen LogP contribution in [0.2, 0.25) is 0 Å². The van der Waals surface area contributed by atoms with Crippen molar-refractivity contribution in [3.8, 4) is 0 Å². The lowest BCUT2D eigenvalue weighted by Crippen LogP contribution is -2.15. The summed E-state index contributed by atoms with van der Waals surface area (Å²) in [6.45, 7) is 0.576. The summed E-state index contributed by atoms with van der Waals surface area (Å²) in [5, 5.41) is 9.30. The Balaban J connectivity index is 2.48. The molecule has 0 N–H and O–H groups in total. The van der Waals surface area contributed by atoms with Gasteiger partial charge in [0, 0.05) is 25.2 Å². The maximum Gasteiger partial charge on any atom is 0.339 e. The van der Waals surface area contributed by atoms with E-state index in [1.807, 2.05) is 0 Å². The Morgan fingerprint density at radius 2 is 1.58 bits per heavy atom. The first kappa shape index (κ1) is 25.5. The maximum atomic E-state index is 13.0. The fourth-order valence-electron chi connectivity index (χ4n) is 2.83. The molecule has 33 heavy (non-hydrogen) atoms. The van der Waals surface area contributed by atoms with Gasteiger partial charge in [-0.1, -0.05) is 42.5 Å². The van der Waals surface area contributed by atoms with E-state index < -0.39 is 26.9 Å². The van der Waals surface area contributed by atoms with Crippen LogP contribution >= 0.6 is 0 Å². The van der Waals surface area contributed by atoms with Crippen LogP contribution in [0.3, 0.4) is 0 Å². The number of rotatable bonds is 11. The molecule has 11 heteroatoms. The molecule has 0 amide bonds. The molecular formula is C22H23NO9S. The van der Waals surface area contributed by atoms with Gasteiger partial charge in [0.1, 0.15) is 6.61 Å². The largest absolute Gasteiger partial charge is 0.462 e. The molecule has 0 saturated heterocycles. The van der Waals surface area contributed by atoms with Gasteiger partial charge in [0.05, 0.1) is 23.7 Å². The van der Waals surface area contributed by atoms with Gasteiger partial charge in [-0.25, -0.2) is 13.2 Å². The van der Waals surface area contributed by atoms with Crippen LogP contribution in [-0.2, 0) is 33.7 Å². The number of sulfone groups is 1. The van der Waals surface area contributed by atoms with Crippen molar-refractivity contribution in [3.05, 3.63) is 75.8 Å². The lowest BCUT2D eigenvalue weighted by atomic mass is 9.95. The summed E-state index contributed by atoms with van der Waals surface area (Å²) in [6, 6.07) is 14.3. The van der Waals surface area contributed by atoms with Crippen molar-refractivity contribution < 1.29 is 37.4 Å². The molecule has 2 rings (SSSR count). The van der Waals surface area contributed by atoms with Crippen LogP contribution in [0.4, 0.5) is 0 Å². The minimum absolute atomic E-state index is 0.0905. The third-order valence-corrected chi connectivity index (χ3v) is 5.47. The first-order valence-corrected chi connectivity index (χ1v) is 11.7. The average Bonchev–Trinajstić information content (AvgIpc) is 2.76. The van der Waals surface area contributed by atoms with E-state index in [9.17, 15) is 28.1 Å². The molecule has 0 aliphatic rings. The minimum atomic E-state index is -3.44. The number of carbonyl (C=O) groups is 2. The quantitative estimate of drug-likeness (QED) is 0.119. The Bertz CT molecular complexity index is 1120. The third kappa shape index (κ3) is 8.04. The van der Waals surface area contributed by atoms with Gasteiger partial charge in [0.2, 0.25) is 0 Å². The van der Waals surface area contributed by atoms with Crippen molar-refractivity contribution in [1.29, 1.82) is 0 Å². The Morgan fingerprint density at radius 3 is 2.12 bits per heavy atom. The molecule has 0 unspecified atom stereocenters. The summed E-state index contributed by atoms with van der Waals surface area (Å²) in [5.74, 6) is -1.31. The van der Waals surface area contributed by atoms with E-state index in [1.165, 1.54) is 31.2 Å². The van der Waals surface area contributed by atoms with Crippen LogP contribution in [0.15, 0.2) is 59.5 Å². The standard InChI is InChI=1S/C22H23NO9S/c1-16(24)31-15-20(17-9-11-19(12-10-17)33(2,28)29)21(18-7-4-3-5-8-18)22(25)30-13-6-14-32-23(26)27/h3-5,7-12H,6,13-15H2,1-2H3. The Labute approximate surface area is 190 Å². The van der Waals surface area contributed by atoms with Crippen molar-refractivity contribution in [1.82, 2.24) is 0 Å². The van der Waals surface area contributed by atoms with Crippen LogP contribution in [0, 0.1) is 10.1 Å². The van der Waals surface area contributed by atoms with E-state index in [2.05, 4.69) is 4.84 Å². The van der Waals surface area contributed by atoms with Crippen molar-refractivity contribution in [2.75, 3.05) is 26.1 Å². The highest BCUT2D eigenvalue weighted by atomic mass is 32.2. The van der Waals surface area contributed by atoms with Gasteiger partial charge in [-0.15, -0.1) is 10.1 Å². The summed E-state index contributed by atoms with van der Waals surface area (Å²) < 4.78 is 34.0. The number of esters is 2. The van der Waals surface area contributed by atoms with Gasteiger partial charge in [-0.3, -0.25) is 4.79 Å². The lowest BCUT2D eigenvalue weighted by Gasteiger charge is -2.16. The van der Waals surface area contributed by atoms with E-state index in [-0.39, 0.29) is 36.7 Å². The molecule has 0 heterocycles. The number of hydrogen-bond donors (Lipinski definition) is 0. The molecule has 0 radical (unpaired) electrons. The van der Waals surface area contributed by atoms with Crippen molar-refractivity contribution in [2.24, 2.45) is 0 Å². The normalized spacial score (nSPS) is 11.8. The third-order valence-electron chi connectivity index (χ3n) is 4.34. The van der Waals surface area contributed by atoms with Crippen LogP contribution in [0.25, 0.3) is 11.1 Å². The molecule has 0 aliphatic heterocycles. The zero-order valence-corrected chi connectivity index (χ0v) is 18.9. The van der Waals surface area contributed by atoms with Crippen molar-refractivity contribution in [2.45, 2.75) is 18.2 Å². The maximum absolute atomic E-state index is 13.0. The first-order valence-electron chi connectivity index (χ1n) is 9.76. The van der Waals surface area contributed by atoms with Crippen molar-refractivity contribution in [3.63, 3.8) is 0 Å². The fourth-order valence-corrected chi connectivity index (χ4v) is 3.46. The monoisotopic (exact) mass is 477 g/mol. The van der Waals surface area contributed by atoms with E-state index in [4.69, 9.17) is 9.47 Å². The number of hydrogen-bond acceptors (Lipinski definition) is 9. The second-order valence-corrected chi connectivity index (χ2v) is 8.86. The minimum Gasteiger partial charge on any atom is -0.462 e. The topological polar surface area (TPSA) is 139 Å². The molecule has 0 aliphatic carbocycles. The molecule has 2 aromatic carbocycles. The summed E-state index contributed by atoms with van der Waals surface area (Å²) in [4.78, 5) is 39.0. The number of ether oxygens (including phenoxy) is 2. The average molecular weight is 477 g/mol. The van der Waals surface area contributed by atoms with E-state index in [1.54, 1.807) is 30.3 Å². The van der Waals surface area contributed by atoms with Gasteiger partial charge in [-0.2, -0.15) is 0 Å². The molecule has 0 spiro atoms. The highest BCUT2D eigenvalue weighted by molar-refractivity contribution is 7.90. The molecule has 0 atom stereocenters. The molecule has 10 nitrogen and oxygen atoms in total. The second kappa shape index (κ2) is 11.8. The SMILES string of the molecule is CC(=O)OCC(=C(C(=O)OCCCO[N+](=O)[O-])c1ccccc1)c1ccc(S(C)(=O)=O)cc1. The number of carbonyl (C=O) groups excluding carboxylic acids is 2. The summed E-state index contributed by atoms with van der Waals surface area (Å²) >= 11 is 0. The Morgan fingerprint density at radius 1 is 0.939 bits per heavy atom. The van der Waals surface area contributed by atoms with Crippen LogP contribution in [0.1, 0.15) is 24.5 Å². The lowest BCUT2D eigenvalue weighted by molar-refractivity contribution is -0.757. The smallest absolute Gasteiger partial charge is 0.339 e. The highest BCUT2D eigenvalue weighted by Gasteiger charge is 2.22. The summed E-state index contributed by atoms with van der Waals surface area (Å²) in [6.07, 6.45) is 1.17. The number of nitrogens with zero attached hydrogens (tertiary/aromatic N) is 1.